The van der Waals surface area contributed by atoms with Crippen LogP contribution >= 0.6 is 25.3 Å². The summed E-state index contributed by atoms with van der Waals surface area (Å²) in [6.07, 6.45) is 5.42. The number of para-hydroxylation sites is 1. The number of imide groups is 1. The Morgan fingerprint density at radius 3 is 1.81 bits per heavy atom. The molecule has 5 rings (SSSR count). The minimum atomic E-state index is -1.43. The van der Waals surface area contributed by atoms with E-state index >= 15 is 0 Å². The van der Waals surface area contributed by atoms with Gasteiger partial charge < -0.3 is 69.7 Å². The van der Waals surface area contributed by atoms with Crippen molar-refractivity contribution in [3.05, 3.63) is 90.1 Å². The van der Waals surface area contributed by atoms with Crippen LogP contribution in [0.2, 0.25) is 0 Å². The van der Waals surface area contributed by atoms with Gasteiger partial charge in [0.05, 0.1) is 6.33 Å². The number of hydrogen-bond donors (Lipinski definition) is 15. The molecule has 11 amide bonds. The number of guanidine groups is 1. The van der Waals surface area contributed by atoms with Crippen LogP contribution in [0.1, 0.15) is 76.6 Å². The van der Waals surface area contributed by atoms with Crippen molar-refractivity contribution in [2.24, 2.45) is 28.1 Å². The van der Waals surface area contributed by atoms with Crippen LogP contribution in [0.5, 0.6) is 0 Å². The van der Waals surface area contributed by atoms with Crippen molar-refractivity contribution in [2.45, 2.75) is 133 Å². The number of fused-ring (bicyclic) bond motifs is 1. The second-order valence-electron chi connectivity index (χ2n) is 19.9. The molecular formula is C53H74N16O10S2. The Morgan fingerprint density at radius 1 is 0.654 bits per heavy atom. The van der Waals surface area contributed by atoms with E-state index in [1.165, 1.54) is 19.4 Å². The number of nitrogens with one attached hydrogen (secondary N) is 10. The Morgan fingerprint density at radius 2 is 1.22 bits per heavy atom. The van der Waals surface area contributed by atoms with Crippen molar-refractivity contribution in [1.82, 2.24) is 62.4 Å². The third-order valence-electron chi connectivity index (χ3n) is 13.4. The second kappa shape index (κ2) is 31.0. The monoisotopic (exact) mass is 1160 g/mol. The normalized spacial score (nSPS) is 16.1. The molecule has 2 aromatic carbocycles. The number of benzene rings is 2. The van der Waals surface area contributed by atoms with Crippen LogP contribution < -0.4 is 59.7 Å². The number of imidazole rings is 1. The van der Waals surface area contributed by atoms with E-state index < -0.39 is 114 Å². The number of hydrogen-bond acceptors (Lipinski definition) is 14. The first-order valence-corrected chi connectivity index (χ1v) is 27.8. The first kappa shape index (κ1) is 63.7. The highest BCUT2D eigenvalue weighted by molar-refractivity contribution is 7.80. The molecule has 1 aliphatic heterocycles. The first-order valence-electron chi connectivity index (χ1n) is 26.5. The number of amides is 11. The van der Waals surface area contributed by atoms with E-state index in [1.54, 1.807) is 56.4 Å². The number of thiol groups is 2. The molecule has 3 heterocycles. The second-order valence-corrected chi connectivity index (χ2v) is 20.6. The van der Waals surface area contributed by atoms with Crippen LogP contribution in [0.4, 0.5) is 4.79 Å². The molecule has 28 heteroatoms. The molecule has 81 heavy (non-hydrogen) atoms. The predicted molar refractivity (Wildman–Crippen MR) is 308 cm³/mol. The molecule has 0 aliphatic carbocycles. The molecule has 16 N–H and O–H groups in total. The van der Waals surface area contributed by atoms with Gasteiger partial charge in [0.2, 0.25) is 47.3 Å². The number of carbonyl (C=O) groups excluding carboxylic acids is 10. The van der Waals surface area contributed by atoms with E-state index in [2.05, 4.69) is 87.7 Å². The molecular weight excluding hydrogens is 1080 g/mol. The van der Waals surface area contributed by atoms with Gasteiger partial charge in [-0.3, -0.25) is 48.1 Å². The minimum Gasteiger partial charge on any atom is -0.370 e. The van der Waals surface area contributed by atoms with Gasteiger partial charge in [-0.25, -0.2) is 14.7 Å². The number of carbonyl (C=O) groups is 10. The van der Waals surface area contributed by atoms with Crippen molar-refractivity contribution < 1.29 is 47.9 Å². The number of aliphatic imine (C=N–C) groups is 1. The van der Waals surface area contributed by atoms with Crippen LogP contribution in [-0.2, 0) is 62.4 Å². The van der Waals surface area contributed by atoms with Gasteiger partial charge in [0.15, 0.2) is 5.96 Å². The molecule has 438 valence electrons. The summed E-state index contributed by atoms with van der Waals surface area (Å²) in [4.78, 5) is 153. The average Bonchev–Trinajstić information content (AvgIpc) is 4.31. The number of unbranched alkanes of at least 4 members (excludes halogenated alkanes) is 1. The van der Waals surface area contributed by atoms with Gasteiger partial charge in [-0.1, -0.05) is 82.1 Å². The van der Waals surface area contributed by atoms with Gasteiger partial charge in [-0.15, -0.1) is 0 Å². The third kappa shape index (κ3) is 18.5. The van der Waals surface area contributed by atoms with Crippen LogP contribution in [0, 0.1) is 5.92 Å². The lowest BCUT2D eigenvalue weighted by atomic mass is 10.0. The van der Waals surface area contributed by atoms with Gasteiger partial charge in [0, 0.05) is 66.3 Å². The number of rotatable bonds is 32. The topological polar surface area (TPSA) is 405 Å². The summed E-state index contributed by atoms with van der Waals surface area (Å²) < 4.78 is 0. The predicted octanol–water partition coefficient (Wildman–Crippen LogP) is -1.13. The van der Waals surface area contributed by atoms with E-state index in [0.717, 1.165) is 15.8 Å². The lowest BCUT2D eigenvalue weighted by Crippen LogP contribution is -2.61. The fourth-order valence-corrected chi connectivity index (χ4v) is 9.39. The number of urea groups is 1. The van der Waals surface area contributed by atoms with Gasteiger partial charge in [-0.05, 0) is 49.3 Å². The SMILES string of the molecule is CCCC[C@@H](C(=O)N[C@H](CS)C(=O)N[C@@H](C)C(=O)N[C@H](Cc1cnc[nH]1)C(=O)N[C@@H](Cc1ccccc1)C(=O)N[C@H](CCCN=C(N)N)C(=O)N[C@@H](Cc1c[nH]c2ccccc12)C(=O)N[C@H](CS)C(N)=O)N1C(=O)N[C@H](C(C)C)C1=O. The van der Waals surface area contributed by atoms with E-state index in [0.29, 0.717) is 29.7 Å². The number of primary amides is 1. The number of aromatic nitrogens is 3. The van der Waals surface area contributed by atoms with Crippen LogP contribution in [0.15, 0.2) is 78.3 Å². The molecule has 1 aliphatic rings. The summed E-state index contributed by atoms with van der Waals surface area (Å²) in [6.45, 7) is 6.78. The van der Waals surface area contributed by atoms with Crippen LogP contribution in [-0.4, -0.2) is 157 Å². The van der Waals surface area contributed by atoms with Crippen molar-refractivity contribution in [2.75, 3.05) is 18.1 Å². The standard InChI is InChI=1S/C53H74N16O10S2/c1-5-6-18-41(69-51(78)42(28(2)3)68-53(69)79)50(77)67-40(26-81)49(76)61-29(4)44(71)63-38(22-32-24-57-27-60-32)48(75)64-36(20-30-13-8-7-9-14-30)46(73)62-35(17-12-19-58-52(55)56)45(72)65-37(47(74)66-39(25-80)43(54)70)21-31-23-59-34-16-11-10-15-33(31)34/h7-11,13-16,23-24,27-29,35-42,59,80-81H,5-6,12,17-22,25-26H2,1-4H3,(H2,54,70)(H,57,60)(H,61,76)(H,62,73)(H,63,71)(H,64,75)(H,65,72)(H,66,74)(H,67,77)(H,68,79)(H4,55,56,58)/t29-,35+,36-,37-,38+,39+,40+,41-,42+/m0/s1. The molecule has 2 aromatic heterocycles. The Labute approximate surface area is 479 Å². The molecule has 0 saturated carbocycles. The Balaban J connectivity index is 1.37. The fourth-order valence-electron chi connectivity index (χ4n) is 8.86. The largest absolute Gasteiger partial charge is 0.370 e. The van der Waals surface area contributed by atoms with Crippen molar-refractivity contribution in [1.29, 1.82) is 0 Å². The Kier molecular flexibility index (Phi) is 24.4. The number of nitrogens with zero attached hydrogens (tertiary/aromatic N) is 3. The molecule has 0 radical (unpaired) electrons. The summed E-state index contributed by atoms with van der Waals surface area (Å²) in [5.41, 5.74) is 19.1. The van der Waals surface area contributed by atoms with E-state index in [4.69, 9.17) is 17.2 Å². The molecule has 4 aromatic rings. The maximum absolute atomic E-state index is 14.7. The quantitative estimate of drug-likeness (QED) is 0.00906. The zero-order valence-electron chi connectivity index (χ0n) is 45.5. The van der Waals surface area contributed by atoms with Crippen molar-refractivity contribution in [3.63, 3.8) is 0 Å². The Hall–Kier alpha value is -8.14. The molecule has 26 nitrogen and oxygen atoms in total. The smallest absolute Gasteiger partial charge is 0.325 e. The summed E-state index contributed by atoms with van der Waals surface area (Å²) in [6, 6.07) is 3.72. The lowest BCUT2D eigenvalue weighted by molar-refractivity contribution is -0.138. The Bertz CT molecular complexity index is 2870. The van der Waals surface area contributed by atoms with E-state index in [1.807, 2.05) is 25.1 Å². The number of aromatic amines is 2. The average molecular weight is 1160 g/mol. The number of nitrogens with two attached hydrogens (primary N) is 3. The zero-order valence-corrected chi connectivity index (χ0v) is 47.3. The lowest BCUT2D eigenvalue weighted by Gasteiger charge is -2.28. The van der Waals surface area contributed by atoms with E-state index in [-0.39, 0.29) is 68.5 Å². The van der Waals surface area contributed by atoms with E-state index in [9.17, 15) is 47.9 Å². The van der Waals surface area contributed by atoms with Crippen LogP contribution in [0.3, 0.4) is 0 Å². The highest BCUT2D eigenvalue weighted by atomic mass is 32.1. The summed E-state index contributed by atoms with van der Waals surface area (Å²) in [7, 11) is 0. The van der Waals surface area contributed by atoms with Crippen molar-refractivity contribution >= 4 is 101 Å². The molecule has 1 saturated heterocycles. The first-order chi connectivity index (χ1) is 38.6. The van der Waals surface area contributed by atoms with Gasteiger partial charge >= 0.3 is 6.03 Å². The van der Waals surface area contributed by atoms with Crippen LogP contribution in [0.25, 0.3) is 10.9 Å². The van der Waals surface area contributed by atoms with Gasteiger partial charge in [0.25, 0.3) is 5.91 Å². The van der Waals surface area contributed by atoms with Gasteiger partial charge in [0.1, 0.15) is 54.4 Å². The number of H-pyrrole nitrogens is 2. The molecule has 9 atom stereocenters. The fraction of sp³-hybridized carbons (Fsp3) is 0.472. The molecule has 0 unspecified atom stereocenters. The highest BCUT2D eigenvalue weighted by Crippen LogP contribution is 2.22. The summed E-state index contributed by atoms with van der Waals surface area (Å²) in [5.74, 6) is -8.01. The zero-order chi connectivity index (χ0) is 59.3. The summed E-state index contributed by atoms with van der Waals surface area (Å²) in [5, 5.41) is 21.9. The van der Waals surface area contributed by atoms with Gasteiger partial charge in [-0.2, -0.15) is 25.3 Å². The molecule has 0 spiro atoms. The third-order valence-corrected chi connectivity index (χ3v) is 14.1. The molecule has 0 bridgehead atoms. The summed E-state index contributed by atoms with van der Waals surface area (Å²) >= 11 is 8.43. The highest BCUT2D eigenvalue weighted by Gasteiger charge is 2.46. The minimum absolute atomic E-state index is 0.0465. The maximum atomic E-state index is 14.7. The van der Waals surface area contributed by atoms with Crippen molar-refractivity contribution in [3.8, 4) is 0 Å². The maximum Gasteiger partial charge on any atom is 0.325 e. The molecule has 1 fully saturated rings.